The molecule has 0 atom stereocenters. The Morgan fingerprint density at radius 1 is 0.931 bits per heavy atom. The van der Waals surface area contributed by atoms with Gasteiger partial charge in [-0.2, -0.15) is 13.2 Å². The molecule has 4 nitrogen and oxygen atoms in total. The average Bonchev–Trinajstić information content (AvgIpc) is 2.72. The lowest BCUT2D eigenvalue weighted by Gasteiger charge is -2.24. The normalized spacial score (nSPS) is 11.2. The van der Waals surface area contributed by atoms with E-state index in [0.29, 0.717) is 6.42 Å². The van der Waals surface area contributed by atoms with Gasteiger partial charge in [0.2, 0.25) is 0 Å². The molecule has 0 aliphatic carbocycles. The van der Waals surface area contributed by atoms with Gasteiger partial charge in [-0.15, -0.1) is 0 Å². The van der Waals surface area contributed by atoms with Crippen molar-refractivity contribution in [3.8, 4) is 0 Å². The molecule has 0 aromatic heterocycles. The molecule has 2 aromatic carbocycles. The summed E-state index contributed by atoms with van der Waals surface area (Å²) in [4.78, 5) is 24.7. The number of benzene rings is 2. The Morgan fingerprint density at radius 2 is 1.59 bits per heavy atom. The number of hydrogen-bond acceptors (Lipinski definition) is 3. The van der Waals surface area contributed by atoms with Gasteiger partial charge in [-0.25, -0.2) is 4.79 Å². The van der Waals surface area contributed by atoms with Crippen LogP contribution in [0.2, 0.25) is 0 Å². The first-order valence-electron chi connectivity index (χ1n) is 9.52. The van der Waals surface area contributed by atoms with Crippen molar-refractivity contribution >= 4 is 17.6 Å². The second kappa shape index (κ2) is 10.6. The number of carbonyl (C=O) groups excluding carboxylic acids is 2. The molecule has 0 unspecified atom stereocenters. The average molecular weight is 407 g/mol. The van der Waals surface area contributed by atoms with E-state index >= 15 is 0 Å². The highest BCUT2D eigenvalue weighted by atomic mass is 19.4. The number of carbonyl (C=O) groups is 2. The van der Waals surface area contributed by atoms with E-state index in [0.717, 1.165) is 29.7 Å². The number of unbranched alkanes of at least 4 members (excludes halogenated alkanes) is 3. The molecule has 2 aromatic rings. The Morgan fingerprint density at radius 3 is 2.17 bits per heavy atom. The second-order valence-electron chi connectivity index (χ2n) is 6.62. The van der Waals surface area contributed by atoms with Gasteiger partial charge in [-0.3, -0.25) is 4.79 Å². The maximum atomic E-state index is 13.0. The zero-order valence-electron chi connectivity index (χ0n) is 16.2. The van der Waals surface area contributed by atoms with Gasteiger partial charge in [0, 0.05) is 12.2 Å². The maximum absolute atomic E-state index is 13.0. The van der Waals surface area contributed by atoms with Crippen LogP contribution in [0.5, 0.6) is 0 Å². The monoisotopic (exact) mass is 407 g/mol. The standard InChI is InChI=1S/C22H24F3NO3/c1-2-3-4-8-15-26(21(28)22(23,24)25)19-13-11-18(12-14-19)20(27)29-16-17-9-6-5-7-10-17/h5-7,9-14H,2-4,8,15-16H2,1H3. The van der Waals surface area contributed by atoms with Crippen LogP contribution in [-0.2, 0) is 16.1 Å². The molecule has 0 heterocycles. The fraction of sp³-hybridized carbons (Fsp3) is 0.364. The van der Waals surface area contributed by atoms with Crippen LogP contribution < -0.4 is 4.90 Å². The van der Waals surface area contributed by atoms with Gasteiger partial charge in [0.1, 0.15) is 6.61 Å². The number of nitrogens with zero attached hydrogens (tertiary/aromatic N) is 1. The highest BCUT2D eigenvalue weighted by Gasteiger charge is 2.42. The van der Waals surface area contributed by atoms with E-state index in [1.165, 1.54) is 24.3 Å². The molecule has 0 aliphatic heterocycles. The molecule has 0 saturated carbocycles. The van der Waals surface area contributed by atoms with Crippen LogP contribution >= 0.6 is 0 Å². The van der Waals surface area contributed by atoms with Crippen molar-refractivity contribution in [2.75, 3.05) is 11.4 Å². The maximum Gasteiger partial charge on any atom is 0.471 e. The second-order valence-corrected chi connectivity index (χ2v) is 6.62. The zero-order chi connectivity index (χ0) is 21.3. The number of halogens is 3. The number of rotatable bonds is 9. The third-order valence-electron chi connectivity index (χ3n) is 4.35. The van der Waals surface area contributed by atoms with Crippen molar-refractivity contribution in [1.29, 1.82) is 0 Å². The molecule has 7 heteroatoms. The summed E-state index contributed by atoms with van der Waals surface area (Å²) < 4.78 is 44.1. The van der Waals surface area contributed by atoms with E-state index < -0.39 is 18.1 Å². The molecular weight excluding hydrogens is 383 g/mol. The minimum atomic E-state index is -4.96. The van der Waals surface area contributed by atoms with Crippen molar-refractivity contribution in [2.45, 2.75) is 45.4 Å². The van der Waals surface area contributed by atoms with E-state index in [1.54, 1.807) is 0 Å². The Balaban J connectivity index is 2.06. The van der Waals surface area contributed by atoms with Gasteiger partial charge in [-0.05, 0) is 36.2 Å². The first-order valence-corrected chi connectivity index (χ1v) is 9.52. The SMILES string of the molecule is CCCCCCN(C(=O)C(F)(F)F)c1ccc(C(=O)OCc2ccccc2)cc1. The summed E-state index contributed by atoms with van der Waals surface area (Å²) in [7, 11) is 0. The van der Waals surface area contributed by atoms with Crippen LogP contribution in [0.3, 0.4) is 0 Å². The molecule has 156 valence electrons. The lowest BCUT2D eigenvalue weighted by molar-refractivity contribution is -0.170. The van der Waals surface area contributed by atoms with E-state index in [-0.39, 0.29) is 24.4 Å². The number of alkyl halides is 3. The lowest BCUT2D eigenvalue weighted by Crippen LogP contribution is -2.41. The largest absolute Gasteiger partial charge is 0.471 e. The zero-order valence-corrected chi connectivity index (χ0v) is 16.2. The van der Waals surface area contributed by atoms with E-state index in [2.05, 4.69) is 0 Å². The molecule has 0 spiro atoms. The molecule has 0 N–H and O–H groups in total. The van der Waals surface area contributed by atoms with Crippen LogP contribution in [0.1, 0.15) is 48.5 Å². The number of hydrogen-bond donors (Lipinski definition) is 0. The minimum absolute atomic E-state index is 0.0316. The molecule has 0 radical (unpaired) electrons. The molecule has 0 aliphatic rings. The highest BCUT2D eigenvalue weighted by Crippen LogP contribution is 2.25. The van der Waals surface area contributed by atoms with Crippen LogP contribution in [0.4, 0.5) is 18.9 Å². The lowest BCUT2D eigenvalue weighted by atomic mass is 10.1. The predicted molar refractivity (Wildman–Crippen MR) is 105 cm³/mol. The first kappa shape index (κ1) is 22.5. The van der Waals surface area contributed by atoms with Gasteiger partial charge >= 0.3 is 18.1 Å². The Labute approximate surface area is 168 Å². The molecule has 0 bridgehead atoms. The highest BCUT2D eigenvalue weighted by molar-refractivity contribution is 5.98. The Hall–Kier alpha value is -2.83. The Bertz CT molecular complexity index is 789. The fourth-order valence-corrected chi connectivity index (χ4v) is 2.78. The van der Waals surface area contributed by atoms with Crippen LogP contribution in [-0.4, -0.2) is 24.6 Å². The Kier molecular flexibility index (Phi) is 8.24. The summed E-state index contributed by atoms with van der Waals surface area (Å²) in [5, 5.41) is 0. The summed E-state index contributed by atoms with van der Waals surface area (Å²) in [6.45, 7) is 2.06. The van der Waals surface area contributed by atoms with E-state index in [4.69, 9.17) is 4.74 Å². The first-order chi connectivity index (χ1) is 13.8. The molecule has 0 fully saturated rings. The van der Waals surface area contributed by atoms with Crippen LogP contribution in [0.15, 0.2) is 54.6 Å². The molecular formula is C22H24F3NO3. The summed E-state index contributed by atoms with van der Waals surface area (Å²) in [5.41, 5.74) is 1.13. The quantitative estimate of drug-likeness (QED) is 0.406. The molecule has 1 amide bonds. The van der Waals surface area contributed by atoms with Gasteiger partial charge < -0.3 is 9.64 Å². The third-order valence-corrected chi connectivity index (χ3v) is 4.35. The fourth-order valence-electron chi connectivity index (χ4n) is 2.78. The van der Waals surface area contributed by atoms with Crippen molar-refractivity contribution in [1.82, 2.24) is 0 Å². The van der Waals surface area contributed by atoms with E-state index in [9.17, 15) is 22.8 Å². The van der Waals surface area contributed by atoms with E-state index in [1.807, 2.05) is 37.3 Å². The van der Waals surface area contributed by atoms with Crippen LogP contribution in [0, 0.1) is 0 Å². The number of ether oxygens (including phenoxy) is 1. The smallest absolute Gasteiger partial charge is 0.457 e. The van der Waals surface area contributed by atoms with Gasteiger partial charge in [0.25, 0.3) is 0 Å². The summed E-state index contributed by atoms with van der Waals surface area (Å²) in [6, 6.07) is 14.5. The predicted octanol–water partition coefficient (Wildman–Crippen LogP) is 5.52. The number of esters is 1. The topological polar surface area (TPSA) is 46.6 Å². The number of amides is 1. The van der Waals surface area contributed by atoms with Gasteiger partial charge in [-0.1, -0.05) is 56.5 Å². The summed E-state index contributed by atoms with van der Waals surface area (Å²) in [5.74, 6) is -2.49. The van der Waals surface area contributed by atoms with Crippen LogP contribution in [0.25, 0.3) is 0 Å². The molecule has 2 rings (SSSR count). The number of anilines is 1. The minimum Gasteiger partial charge on any atom is -0.457 e. The summed E-state index contributed by atoms with van der Waals surface area (Å²) >= 11 is 0. The third kappa shape index (κ3) is 6.93. The summed E-state index contributed by atoms with van der Waals surface area (Å²) in [6.07, 6.45) is -1.93. The van der Waals surface area contributed by atoms with Crippen molar-refractivity contribution < 1.29 is 27.5 Å². The van der Waals surface area contributed by atoms with Gasteiger partial charge in [0.15, 0.2) is 0 Å². The van der Waals surface area contributed by atoms with Crippen molar-refractivity contribution in [3.63, 3.8) is 0 Å². The van der Waals surface area contributed by atoms with Gasteiger partial charge in [0.05, 0.1) is 5.56 Å². The van der Waals surface area contributed by atoms with Crippen molar-refractivity contribution in [3.05, 3.63) is 65.7 Å². The molecule has 0 saturated heterocycles. The van der Waals surface area contributed by atoms with Crippen molar-refractivity contribution in [2.24, 2.45) is 0 Å². The molecule has 29 heavy (non-hydrogen) atoms.